The van der Waals surface area contributed by atoms with Crippen molar-refractivity contribution in [2.45, 2.75) is 44.5 Å². The first kappa shape index (κ1) is 32.2. The number of hydrogen-bond donors (Lipinski definition) is 0. The van der Waals surface area contributed by atoms with Gasteiger partial charge in [0.05, 0.1) is 0 Å². The molecule has 0 bridgehead atoms. The van der Waals surface area contributed by atoms with Crippen molar-refractivity contribution in [2.75, 3.05) is 0 Å². The predicted octanol–water partition coefficient (Wildman–Crippen LogP) is 9.13. The van der Waals surface area contributed by atoms with E-state index in [1.54, 1.807) is 6.07 Å². The average Bonchev–Trinajstić information content (AvgIpc) is 3.30. The molecule has 0 saturated heterocycles. The molecule has 3 nitrogen and oxygen atoms in total. The largest absolute Gasteiger partial charge is 0 e. The normalized spacial score (nSPS) is 11.6. The summed E-state index contributed by atoms with van der Waals surface area (Å²) in [6.45, 7) is 6.68. The summed E-state index contributed by atoms with van der Waals surface area (Å²) < 4.78 is 16.0. The molecule has 217 valence electrons. The van der Waals surface area contributed by atoms with Crippen molar-refractivity contribution in [2.24, 2.45) is 5.41 Å². The molecule has 0 aliphatic rings. The minimum Gasteiger partial charge on any atom is 0 e. The summed E-state index contributed by atoms with van der Waals surface area (Å²) in [6, 6.07) is 30.1. The second kappa shape index (κ2) is 13.3. The monoisotopic (exact) mass is 814 g/mol. The smallest absolute Gasteiger partial charge is 0 e. The van der Waals surface area contributed by atoms with E-state index in [-0.39, 0.29) is 25.5 Å². The summed E-state index contributed by atoms with van der Waals surface area (Å²) in [4.78, 5) is 13.8. The zero-order chi connectivity index (χ0) is 29.2. The summed E-state index contributed by atoms with van der Waals surface area (Å²) in [5.41, 5.74) is 5.41. The number of hydrogen-bond acceptors (Lipinski definition) is 4. The van der Waals surface area contributed by atoms with Crippen LogP contribution in [0.4, 0.5) is 4.39 Å². The van der Waals surface area contributed by atoms with E-state index in [4.69, 9.17) is 0 Å². The Bertz CT molecular complexity index is 1790. The number of benzene rings is 2. The molecular weight excluding hydrogens is 778 g/mol. The second-order valence-corrected chi connectivity index (χ2v) is 24.1. The summed E-state index contributed by atoms with van der Waals surface area (Å²) >= 11 is -0.222. The third-order valence-corrected chi connectivity index (χ3v) is 12.1. The molecule has 0 spiro atoms. The van der Waals surface area contributed by atoms with Crippen LogP contribution in [0.2, 0.25) is 17.3 Å². The zero-order valence-corrected chi connectivity index (χ0v) is 30.1. The molecule has 0 atom stereocenters. The van der Waals surface area contributed by atoms with Gasteiger partial charge >= 0.3 is 99.8 Å². The first-order chi connectivity index (χ1) is 19.5. The fraction of sp³-hybridized carbons (Fsp3) is 0.229. The van der Waals surface area contributed by atoms with Crippen LogP contribution in [0, 0.1) is 23.5 Å². The van der Waals surface area contributed by atoms with Crippen LogP contribution < -0.4 is 4.40 Å². The Morgan fingerprint density at radius 2 is 1.67 bits per heavy atom. The van der Waals surface area contributed by atoms with Crippen LogP contribution in [0.5, 0.6) is 0 Å². The van der Waals surface area contributed by atoms with Crippen molar-refractivity contribution in [3.8, 4) is 22.5 Å². The van der Waals surface area contributed by atoms with E-state index in [0.29, 0.717) is 4.83 Å². The number of halogens is 1. The van der Waals surface area contributed by atoms with Crippen molar-refractivity contribution in [1.29, 1.82) is 0 Å². The van der Waals surface area contributed by atoms with Crippen LogP contribution in [0.15, 0.2) is 85.2 Å². The van der Waals surface area contributed by atoms with Gasteiger partial charge in [-0.1, -0.05) is 37.8 Å². The molecule has 0 aliphatic heterocycles. The van der Waals surface area contributed by atoms with Crippen molar-refractivity contribution < 1.29 is 24.5 Å². The number of fused-ring (bicyclic) bond motifs is 3. The summed E-state index contributed by atoms with van der Waals surface area (Å²) in [5, 5.41) is 2.05. The van der Waals surface area contributed by atoms with Crippen LogP contribution in [0.3, 0.4) is 0 Å². The Hall–Kier alpha value is -2.77. The number of rotatable bonds is 4. The second-order valence-electron chi connectivity index (χ2n) is 12.4. The number of nitrogens with zero attached hydrogens (tertiary/aromatic N) is 3. The molecule has 1 radical (unpaired) electrons. The summed E-state index contributed by atoms with van der Waals surface area (Å²) in [5.74, 6) is 6.69. The first-order valence-electron chi connectivity index (χ1n) is 13.8. The van der Waals surface area contributed by atoms with Gasteiger partial charge in [-0.05, 0) is 40.4 Å². The summed E-state index contributed by atoms with van der Waals surface area (Å²) in [6.07, 6.45) is 4.88. The maximum atomic E-state index is 13.5. The van der Waals surface area contributed by atoms with E-state index < -0.39 is 19.2 Å². The molecule has 4 heterocycles. The van der Waals surface area contributed by atoms with Crippen molar-refractivity contribution in [3.63, 3.8) is 0 Å². The average molecular weight is 813 g/mol. The Labute approximate surface area is 268 Å². The van der Waals surface area contributed by atoms with Crippen molar-refractivity contribution >= 4 is 49.3 Å². The van der Waals surface area contributed by atoms with E-state index in [1.165, 1.54) is 27.4 Å². The van der Waals surface area contributed by atoms with Gasteiger partial charge in [-0.15, -0.1) is 23.8 Å². The van der Waals surface area contributed by atoms with Crippen LogP contribution in [0.1, 0.15) is 26.3 Å². The van der Waals surface area contributed by atoms with Crippen LogP contribution in [-0.2, 0) is 26.5 Å². The molecule has 4 aromatic heterocycles. The van der Waals surface area contributed by atoms with Gasteiger partial charge in [-0.25, -0.2) is 4.98 Å². The molecule has 0 fully saturated rings. The molecule has 7 heteroatoms. The quantitative estimate of drug-likeness (QED) is 0.101. The SMILES string of the molecule is CC(C)(C)Cc1ccnc(-c2[c-]ccc3c2sc2nc(F)ccc23)c1.[CH3][Ge]([CH3])([CH3])[c]1ccc(-c2[c-]cccc2)nc1.[Ir]. The molecule has 42 heavy (non-hydrogen) atoms. The molecule has 6 aromatic rings. The molecule has 2 aromatic carbocycles. The van der Waals surface area contributed by atoms with Crippen molar-refractivity contribution in [3.05, 3.63) is 109 Å². The zero-order valence-electron chi connectivity index (χ0n) is 24.8. The minimum absolute atomic E-state index is 0. The van der Waals surface area contributed by atoms with Crippen LogP contribution >= 0.6 is 11.3 Å². The van der Waals surface area contributed by atoms with Gasteiger partial charge in [0.2, 0.25) is 5.95 Å². The standard InChI is InChI=1S/C21H18FN2S.C14H16GeN.Ir/c1-21(2,3)12-13-9-10-23-17(11-13)16-6-4-5-14-15-7-8-18(22)24-20(15)25-19(14)16;1-15(2,3)13-9-10-14(16-11-13)12-7-5-4-6-8-12;/h4-5,7-11H,12H2,1-3H3;4-7,9-11H,1-3H3;/q2*-1;. The molecule has 0 N–H and O–H groups in total. The van der Waals surface area contributed by atoms with Crippen LogP contribution in [-0.4, -0.2) is 28.2 Å². The van der Waals surface area contributed by atoms with E-state index in [9.17, 15) is 4.39 Å². The van der Waals surface area contributed by atoms with E-state index >= 15 is 0 Å². The molecule has 0 amide bonds. The fourth-order valence-electron chi connectivity index (χ4n) is 4.67. The van der Waals surface area contributed by atoms with Crippen LogP contribution in [0.25, 0.3) is 42.8 Å². The molecular formula is C35H34FGeIrN3S-2. The Kier molecular flexibility index (Phi) is 10.1. The Balaban J connectivity index is 0.000000207. The number of thiophene rings is 1. The number of aromatic nitrogens is 3. The predicted molar refractivity (Wildman–Crippen MR) is 174 cm³/mol. The van der Waals surface area contributed by atoms with Gasteiger partial charge in [-0.3, -0.25) is 0 Å². The third kappa shape index (κ3) is 7.79. The van der Waals surface area contributed by atoms with Gasteiger partial charge in [0, 0.05) is 31.7 Å². The maximum absolute atomic E-state index is 13.5. The number of pyridine rings is 3. The molecule has 6 rings (SSSR count). The molecule has 0 aliphatic carbocycles. The van der Waals surface area contributed by atoms with Gasteiger partial charge in [0.25, 0.3) is 0 Å². The molecule has 0 unspecified atom stereocenters. The van der Waals surface area contributed by atoms with E-state index in [1.807, 2.05) is 48.8 Å². The van der Waals surface area contributed by atoms with Gasteiger partial charge in [0.15, 0.2) is 0 Å². The van der Waals surface area contributed by atoms with Gasteiger partial charge < -0.3 is 4.98 Å². The van der Waals surface area contributed by atoms with Gasteiger partial charge in [0.1, 0.15) is 4.83 Å². The Morgan fingerprint density at radius 1 is 0.857 bits per heavy atom. The molecule has 0 saturated carbocycles. The Morgan fingerprint density at radius 3 is 2.33 bits per heavy atom. The van der Waals surface area contributed by atoms with Crippen molar-refractivity contribution in [1.82, 2.24) is 15.0 Å². The first-order valence-corrected chi connectivity index (χ1v) is 21.9. The van der Waals surface area contributed by atoms with E-state index in [0.717, 1.165) is 44.4 Å². The topological polar surface area (TPSA) is 38.7 Å². The van der Waals surface area contributed by atoms with Gasteiger partial charge in [-0.2, -0.15) is 15.7 Å². The van der Waals surface area contributed by atoms with E-state index in [2.05, 4.69) is 89.4 Å². The summed E-state index contributed by atoms with van der Waals surface area (Å²) in [7, 11) is 0. The maximum Gasteiger partial charge on any atom is 0 e. The minimum atomic E-state index is -1.72. The fourth-order valence-corrected chi connectivity index (χ4v) is 8.01. The third-order valence-electron chi connectivity index (χ3n) is 6.69.